The van der Waals surface area contributed by atoms with Crippen LogP contribution in [0.2, 0.25) is 0 Å². The maximum absolute atomic E-state index is 13.3. The van der Waals surface area contributed by atoms with Gasteiger partial charge in [-0.25, -0.2) is 14.2 Å². The third-order valence-corrected chi connectivity index (χ3v) is 4.49. The van der Waals surface area contributed by atoms with Crippen LogP contribution in [0, 0.1) is 5.82 Å². The summed E-state index contributed by atoms with van der Waals surface area (Å²) in [7, 11) is 1.84. The summed E-state index contributed by atoms with van der Waals surface area (Å²) in [5.74, 6) is 1.66. The van der Waals surface area contributed by atoms with Gasteiger partial charge in [0, 0.05) is 26.0 Å². The molecule has 0 radical (unpaired) electrons. The molecule has 28 heavy (non-hydrogen) atoms. The maximum atomic E-state index is 13.3. The van der Waals surface area contributed by atoms with Crippen molar-refractivity contribution in [2.24, 2.45) is 7.05 Å². The minimum absolute atomic E-state index is 0.204. The van der Waals surface area contributed by atoms with E-state index in [1.165, 1.54) is 12.1 Å². The molecule has 2 amide bonds. The number of carbonyl (C=O) groups excluding carboxylic acids is 1. The largest absolute Gasteiger partial charge is 0.454 e. The average Bonchev–Trinajstić information content (AvgIpc) is 3.33. The molecule has 1 unspecified atom stereocenters. The number of nitrogens with one attached hydrogen (secondary N) is 2. The molecule has 0 fully saturated rings. The Morgan fingerprint density at radius 3 is 2.75 bits per heavy atom. The van der Waals surface area contributed by atoms with E-state index in [0.717, 1.165) is 11.1 Å². The first kappa shape index (κ1) is 17.8. The molecule has 4 rings (SSSR count). The number of aromatic nitrogens is 2. The van der Waals surface area contributed by atoms with Gasteiger partial charge in [-0.3, -0.25) is 0 Å². The van der Waals surface area contributed by atoms with Gasteiger partial charge < -0.3 is 24.7 Å². The second-order valence-electron chi connectivity index (χ2n) is 6.40. The highest BCUT2D eigenvalue weighted by atomic mass is 19.1. The summed E-state index contributed by atoms with van der Waals surface area (Å²) in [4.78, 5) is 16.8. The number of ether oxygens (including phenoxy) is 2. The van der Waals surface area contributed by atoms with Crippen LogP contribution in [0.3, 0.4) is 0 Å². The maximum Gasteiger partial charge on any atom is 0.315 e. The standard InChI is InChI=1S/C20H19FN4O3/c1-25-9-8-22-19(25)18(14-3-5-15(21)6-4-14)24-20(26)23-11-13-2-7-16-17(10-13)28-12-27-16/h2-10,18H,11-12H2,1H3,(H2,23,24,26). The van der Waals surface area contributed by atoms with Gasteiger partial charge in [0.15, 0.2) is 11.5 Å². The normalized spacial score (nSPS) is 13.2. The van der Waals surface area contributed by atoms with E-state index in [-0.39, 0.29) is 18.6 Å². The van der Waals surface area contributed by atoms with Crippen LogP contribution in [-0.4, -0.2) is 22.4 Å². The smallest absolute Gasteiger partial charge is 0.315 e. The summed E-state index contributed by atoms with van der Waals surface area (Å²) in [6.07, 6.45) is 3.44. The van der Waals surface area contributed by atoms with Gasteiger partial charge in [-0.15, -0.1) is 0 Å². The van der Waals surface area contributed by atoms with Gasteiger partial charge >= 0.3 is 6.03 Å². The monoisotopic (exact) mass is 382 g/mol. The number of carbonyl (C=O) groups is 1. The first-order valence-corrected chi connectivity index (χ1v) is 8.76. The number of hydrogen-bond donors (Lipinski definition) is 2. The van der Waals surface area contributed by atoms with Gasteiger partial charge in [0.25, 0.3) is 0 Å². The van der Waals surface area contributed by atoms with Crippen molar-refractivity contribution in [3.05, 3.63) is 77.6 Å². The molecule has 1 aromatic heterocycles. The van der Waals surface area contributed by atoms with Crippen molar-refractivity contribution in [1.82, 2.24) is 20.2 Å². The minimum atomic E-state index is -0.516. The number of hydrogen-bond acceptors (Lipinski definition) is 4. The Labute approximate surface area is 161 Å². The molecule has 1 aliphatic heterocycles. The van der Waals surface area contributed by atoms with Crippen LogP contribution >= 0.6 is 0 Å². The third-order valence-electron chi connectivity index (χ3n) is 4.49. The summed E-state index contributed by atoms with van der Waals surface area (Å²) in [5.41, 5.74) is 1.61. The van der Waals surface area contributed by atoms with Crippen molar-refractivity contribution in [2.45, 2.75) is 12.6 Å². The number of imidazole rings is 1. The molecule has 2 N–H and O–H groups in total. The lowest BCUT2D eigenvalue weighted by Gasteiger charge is -2.19. The Kier molecular flexibility index (Phi) is 4.84. The summed E-state index contributed by atoms with van der Waals surface area (Å²) >= 11 is 0. The Balaban J connectivity index is 1.46. The van der Waals surface area contributed by atoms with Crippen molar-refractivity contribution in [3.63, 3.8) is 0 Å². The Morgan fingerprint density at radius 1 is 1.21 bits per heavy atom. The topological polar surface area (TPSA) is 77.4 Å². The molecule has 0 saturated carbocycles. The summed E-state index contributed by atoms with van der Waals surface area (Å²) in [6.45, 7) is 0.523. The Bertz CT molecular complexity index is 987. The first-order chi connectivity index (χ1) is 13.6. The van der Waals surface area contributed by atoms with Crippen molar-refractivity contribution < 1.29 is 18.7 Å². The van der Waals surface area contributed by atoms with Crippen molar-refractivity contribution in [1.29, 1.82) is 0 Å². The van der Waals surface area contributed by atoms with Gasteiger partial charge in [0.2, 0.25) is 6.79 Å². The van der Waals surface area contributed by atoms with Crippen molar-refractivity contribution in [3.8, 4) is 11.5 Å². The molecule has 1 aliphatic rings. The van der Waals surface area contributed by atoms with Crippen LogP contribution in [0.4, 0.5) is 9.18 Å². The second kappa shape index (κ2) is 7.59. The van der Waals surface area contributed by atoms with E-state index in [2.05, 4.69) is 15.6 Å². The fourth-order valence-electron chi connectivity index (χ4n) is 3.02. The highest BCUT2D eigenvalue weighted by Crippen LogP contribution is 2.32. The molecule has 0 bridgehead atoms. The lowest BCUT2D eigenvalue weighted by atomic mass is 10.1. The number of nitrogens with zero attached hydrogens (tertiary/aromatic N) is 2. The van der Waals surface area contributed by atoms with Gasteiger partial charge in [0.1, 0.15) is 17.7 Å². The molecule has 2 heterocycles. The van der Waals surface area contributed by atoms with Gasteiger partial charge in [-0.2, -0.15) is 0 Å². The lowest BCUT2D eigenvalue weighted by molar-refractivity contribution is 0.174. The summed E-state index contributed by atoms with van der Waals surface area (Å²) in [5, 5.41) is 5.73. The van der Waals surface area contributed by atoms with E-state index in [0.29, 0.717) is 23.9 Å². The second-order valence-corrected chi connectivity index (χ2v) is 6.40. The lowest BCUT2D eigenvalue weighted by Crippen LogP contribution is -2.38. The summed E-state index contributed by atoms with van der Waals surface area (Å²) < 4.78 is 25.7. The molecule has 1 atom stereocenters. The minimum Gasteiger partial charge on any atom is -0.454 e. The SMILES string of the molecule is Cn1ccnc1C(NC(=O)NCc1ccc2c(c1)OCO2)c1ccc(F)cc1. The number of benzene rings is 2. The molecule has 0 spiro atoms. The van der Waals surface area contributed by atoms with Crippen LogP contribution in [-0.2, 0) is 13.6 Å². The number of halogens is 1. The van der Waals surface area contributed by atoms with Crippen molar-refractivity contribution >= 4 is 6.03 Å². The van der Waals surface area contributed by atoms with E-state index in [1.54, 1.807) is 24.5 Å². The summed E-state index contributed by atoms with van der Waals surface area (Å²) in [6, 6.07) is 10.6. The van der Waals surface area contributed by atoms with E-state index in [4.69, 9.17) is 9.47 Å². The highest BCUT2D eigenvalue weighted by Gasteiger charge is 2.21. The number of fused-ring (bicyclic) bond motifs is 1. The third kappa shape index (κ3) is 3.75. The fraction of sp³-hybridized carbons (Fsp3) is 0.200. The van der Waals surface area contributed by atoms with Gasteiger partial charge in [-0.05, 0) is 35.4 Å². The first-order valence-electron chi connectivity index (χ1n) is 8.76. The molecular formula is C20H19FN4O3. The van der Waals surface area contributed by atoms with Crippen LogP contribution in [0.5, 0.6) is 11.5 Å². The molecule has 0 aliphatic carbocycles. The molecule has 2 aromatic carbocycles. The van der Waals surface area contributed by atoms with E-state index < -0.39 is 6.04 Å². The molecular weight excluding hydrogens is 363 g/mol. The van der Waals surface area contributed by atoms with Crippen LogP contribution < -0.4 is 20.1 Å². The number of aryl methyl sites for hydroxylation is 1. The van der Waals surface area contributed by atoms with Crippen LogP contribution in [0.25, 0.3) is 0 Å². The number of amides is 2. The molecule has 144 valence electrons. The average molecular weight is 382 g/mol. The zero-order chi connectivity index (χ0) is 19.5. The molecule has 7 nitrogen and oxygen atoms in total. The highest BCUT2D eigenvalue weighted by molar-refractivity contribution is 5.75. The van der Waals surface area contributed by atoms with E-state index in [9.17, 15) is 9.18 Å². The zero-order valence-electron chi connectivity index (χ0n) is 15.2. The number of urea groups is 1. The number of rotatable bonds is 5. The zero-order valence-corrected chi connectivity index (χ0v) is 15.2. The molecule has 3 aromatic rings. The molecule has 8 heteroatoms. The Morgan fingerprint density at radius 2 is 2.00 bits per heavy atom. The van der Waals surface area contributed by atoms with Crippen LogP contribution in [0.15, 0.2) is 54.9 Å². The van der Waals surface area contributed by atoms with Gasteiger partial charge in [-0.1, -0.05) is 18.2 Å². The van der Waals surface area contributed by atoms with E-state index >= 15 is 0 Å². The van der Waals surface area contributed by atoms with Crippen molar-refractivity contribution in [2.75, 3.05) is 6.79 Å². The van der Waals surface area contributed by atoms with Gasteiger partial charge in [0.05, 0.1) is 0 Å². The Hall–Kier alpha value is -3.55. The molecule has 0 saturated heterocycles. The van der Waals surface area contributed by atoms with E-state index in [1.807, 2.05) is 29.8 Å². The quantitative estimate of drug-likeness (QED) is 0.711. The predicted octanol–water partition coefficient (Wildman–Crippen LogP) is 2.88. The fourth-order valence-corrected chi connectivity index (χ4v) is 3.02. The predicted molar refractivity (Wildman–Crippen MR) is 99.4 cm³/mol. The van der Waals surface area contributed by atoms with Crippen LogP contribution in [0.1, 0.15) is 23.0 Å².